The molecule has 1 N–H and O–H groups in total. The van der Waals surface area contributed by atoms with Gasteiger partial charge in [0, 0.05) is 0 Å². The quantitative estimate of drug-likeness (QED) is 0.627. The Kier molecular flexibility index (Phi) is 3.16. The molecule has 7 heteroatoms. The van der Waals surface area contributed by atoms with Crippen molar-refractivity contribution in [3.05, 3.63) is 15.2 Å². The average molecular weight is 198 g/mol. The zero-order chi connectivity index (χ0) is 9.68. The van der Waals surface area contributed by atoms with E-state index in [1.165, 1.54) is 5.51 Å². The predicted molar refractivity (Wildman–Crippen MR) is 45.0 cm³/mol. The van der Waals surface area contributed by atoms with Crippen LogP contribution in [0.1, 0.15) is 0 Å². The van der Waals surface area contributed by atoms with Crippen LogP contribution in [-0.4, -0.2) is 22.2 Å². The molecule has 0 atom stereocenters. The van der Waals surface area contributed by atoms with Gasteiger partial charge in [0.15, 0.2) is 0 Å². The van der Waals surface area contributed by atoms with Crippen LogP contribution in [0.5, 0.6) is 0 Å². The van der Waals surface area contributed by atoms with E-state index in [0.29, 0.717) is 0 Å². The third-order valence-electron chi connectivity index (χ3n) is 1.21. The van der Waals surface area contributed by atoms with E-state index in [9.17, 15) is 9.59 Å². The Morgan fingerprint density at radius 1 is 1.85 bits per heavy atom. The second-order valence-electron chi connectivity index (χ2n) is 2.10. The summed E-state index contributed by atoms with van der Waals surface area (Å²) in [6, 6.07) is 1.76. The summed E-state index contributed by atoms with van der Waals surface area (Å²) in [7, 11) is 0. The van der Waals surface area contributed by atoms with Gasteiger partial charge < -0.3 is 5.32 Å². The second kappa shape index (κ2) is 4.37. The SMILES string of the molecule is N#CCNC(=O)Cn1ncsc1=O. The van der Waals surface area contributed by atoms with Gasteiger partial charge in [-0.15, -0.1) is 0 Å². The first-order valence-corrected chi connectivity index (χ1v) is 4.26. The number of nitriles is 1. The van der Waals surface area contributed by atoms with Gasteiger partial charge in [-0.1, -0.05) is 11.3 Å². The summed E-state index contributed by atoms with van der Waals surface area (Å²) < 4.78 is 1.04. The maximum atomic E-state index is 11.0. The molecule has 0 aliphatic rings. The van der Waals surface area contributed by atoms with Crippen LogP contribution in [0.3, 0.4) is 0 Å². The summed E-state index contributed by atoms with van der Waals surface area (Å²) in [5.74, 6) is -0.394. The third-order valence-corrected chi connectivity index (χ3v) is 1.82. The molecule has 0 aliphatic heterocycles. The number of amides is 1. The Labute approximate surface area is 77.4 Å². The molecule has 13 heavy (non-hydrogen) atoms. The molecule has 1 amide bonds. The number of hydrogen-bond acceptors (Lipinski definition) is 5. The van der Waals surface area contributed by atoms with Crippen LogP contribution in [-0.2, 0) is 11.3 Å². The lowest BCUT2D eigenvalue weighted by atomic mass is 10.5. The van der Waals surface area contributed by atoms with Crippen LogP contribution in [0.2, 0.25) is 0 Å². The summed E-state index contributed by atoms with van der Waals surface area (Å²) in [5, 5.41) is 14.1. The van der Waals surface area contributed by atoms with Gasteiger partial charge in [-0.2, -0.15) is 10.4 Å². The van der Waals surface area contributed by atoms with Crippen LogP contribution < -0.4 is 10.2 Å². The number of carbonyl (C=O) groups excluding carboxylic acids is 1. The van der Waals surface area contributed by atoms with E-state index in [1.54, 1.807) is 6.07 Å². The lowest BCUT2D eigenvalue weighted by Crippen LogP contribution is -2.31. The van der Waals surface area contributed by atoms with Crippen molar-refractivity contribution in [2.75, 3.05) is 6.54 Å². The highest BCUT2D eigenvalue weighted by molar-refractivity contribution is 7.06. The van der Waals surface area contributed by atoms with E-state index in [4.69, 9.17) is 5.26 Å². The molecule has 0 unspecified atom stereocenters. The molecule has 0 spiro atoms. The lowest BCUT2D eigenvalue weighted by Gasteiger charge is -1.98. The molecule has 1 rings (SSSR count). The number of rotatable bonds is 3. The van der Waals surface area contributed by atoms with Gasteiger partial charge in [-0.05, 0) is 0 Å². The first-order chi connectivity index (χ1) is 6.24. The molecule has 0 saturated heterocycles. The van der Waals surface area contributed by atoms with Crippen LogP contribution >= 0.6 is 11.3 Å². The number of aromatic nitrogens is 2. The standard InChI is InChI=1S/C6H6N4O2S/c7-1-2-8-5(11)3-10-6(12)13-4-9-10/h4H,2-3H2,(H,8,11). The summed E-state index contributed by atoms with van der Waals surface area (Å²) in [4.78, 5) is 21.6. The zero-order valence-corrected chi connectivity index (χ0v) is 7.37. The van der Waals surface area contributed by atoms with Crippen molar-refractivity contribution in [1.82, 2.24) is 15.1 Å². The zero-order valence-electron chi connectivity index (χ0n) is 6.56. The molecule has 0 radical (unpaired) electrons. The Bertz CT molecular complexity index is 388. The smallest absolute Gasteiger partial charge is 0.325 e. The molecule has 6 nitrogen and oxygen atoms in total. The van der Waals surface area contributed by atoms with Crippen LogP contribution in [0.4, 0.5) is 0 Å². The molecule has 0 aliphatic carbocycles. The fourth-order valence-electron chi connectivity index (χ4n) is 0.669. The van der Waals surface area contributed by atoms with Crippen molar-refractivity contribution in [2.24, 2.45) is 0 Å². The molecule has 0 fully saturated rings. The Morgan fingerprint density at radius 2 is 2.62 bits per heavy atom. The molecular formula is C6H6N4O2S. The highest BCUT2D eigenvalue weighted by atomic mass is 32.1. The van der Waals surface area contributed by atoms with Gasteiger partial charge in [-0.3, -0.25) is 9.59 Å². The molecule has 0 aromatic carbocycles. The minimum atomic E-state index is -0.394. The molecule has 1 heterocycles. The Balaban J connectivity index is 2.51. The first-order valence-electron chi connectivity index (χ1n) is 3.38. The predicted octanol–water partition coefficient (Wildman–Crippen LogP) is -1.06. The second-order valence-corrected chi connectivity index (χ2v) is 2.89. The molecule has 1 aromatic heterocycles. The van der Waals surface area contributed by atoms with Gasteiger partial charge >= 0.3 is 4.87 Å². The number of hydrogen-bond donors (Lipinski definition) is 1. The van der Waals surface area contributed by atoms with Crippen molar-refractivity contribution in [3.8, 4) is 6.07 Å². The highest BCUT2D eigenvalue weighted by Gasteiger charge is 2.04. The van der Waals surface area contributed by atoms with Gasteiger partial charge in [0.2, 0.25) is 5.91 Å². The van der Waals surface area contributed by atoms with E-state index in [0.717, 1.165) is 16.0 Å². The largest absolute Gasteiger partial charge is 0.341 e. The summed E-state index contributed by atoms with van der Waals surface area (Å²) in [5.41, 5.74) is 1.36. The summed E-state index contributed by atoms with van der Waals surface area (Å²) in [6.07, 6.45) is 0. The maximum Gasteiger partial charge on any atom is 0.325 e. The fourth-order valence-corrected chi connectivity index (χ4v) is 1.15. The summed E-state index contributed by atoms with van der Waals surface area (Å²) >= 11 is 0.922. The molecule has 1 aromatic rings. The van der Waals surface area contributed by atoms with Crippen LogP contribution in [0.25, 0.3) is 0 Å². The third kappa shape index (κ3) is 2.68. The van der Waals surface area contributed by atoms with Gasteiger partial charge in [0.25, 0.3) is 0 Å². The van der Waals surface area contributed by atoms with Crippen molar-refractivity contribution < 1.29 is 4.79 Å². The van der Waals surface area contributed by atoms with Gasteiger partial charge in [0.1, 0.15) is 18.6 Å². The van der Waals surface area contributed by atoms with Crippen LogP contribution in [0.15, 0.2) is 10.3 Å². The number of nitrogens with zero attached hydrogens (tertiary/aromatic N) is 3. The minimum Gasteiger partial charge on any atom is -0.341 e. The van der Waals surface area contributed by atoms with Crippen molar-refractivity contribution >= 4 is 17.2 Å². The minimum absolute atomic E-state index is 0.0578. The molecular weight excluding hydrogens is 192 g/mol. The molecule has 68 valence electrons. The molecule has 0 bridgehead atoms. The van der Waals surface area contributed by atoms with Crippen molar-refractivity contribution in [2.45, 2.75) is 6.54 Å². The topological polar surface area (TPSA) is 87.8 Å². The van der Waals surface area contributed by atoms with E-state index in [-0.39, 0.29) is 18.0 Å². The normalized spacial score (nSPS) is 9.15. The lowest BCUT2D eigenvalue weighted by molar-refractivity contribution is -0.121. The fraction of sp³-hybridized carbons (Fsp3) is 0.333. The Morgan fingerprint density at radius 3 is 3.15 bits per heavy atom. The summed E-state index contributed by atoms with van der Waals surface area (Å²) in [6.45, 7) is -0.193. The van der Waals surface area contributed by atoms with E-state index >= 15 is 0 Å². The number of carbonyl (C=O) groups is 1. The maximum absolute atomic E-state index is 11.0. The number of nitrogens with one attached hydrogen (secondary N) is 1. The van der Waals surface area contributed by atoms with E-state index in [2.05, 4.69) is 10.4 Å². The first kappa shape index (κ1) is 9.41. The van der Waals surface area contributed by atoms with Crippen LogP contribution in [0, 0.1) is 11.3 Å². The molecule has 0 saturated carbocycles. The highest BCUT2D eigenvalue weighted by Crippen LogP contribution is 1.82. The van der Waals surface area contributed by atoms with Crippen molar-refractivity contribution in [1.29, 1.82) is 5.26 Å². The average Bonchev–Trinajstić information content (AvgIpc) is 2.48. The monoisotopic (exact) mass is 198 g/mol. The van der Waals surface area contributed by atoms with Gasteiger partial charge in [0.05, 0.1) is 6.07 Å². The van der Waals surface area contributed by atoms with E-state index < -0.39 is 5.91 Å². The Hall–Kier alpha value is -1.68. The van der Waals surface area contributed by atoms with Gasteiger partial charge in [-0.25, -0.2) is 4.68 Å². The van der Waals surface area contributed by atoms with Crippen molar-refractivity contribution in [3.63, 3.8) is 0 Å². The van der Waals surface area contributed by atoms with E-state index in [1.807, 2.05) is 0 Å².